The molecule has 4 nitrogen and oxygen atoms in total. The minimum atomic E-state index is -1.44. The van der Waals surface area contributed by atoms with Crippen molar-refractivity contribution in [3.05, 3.63) is 59.7 Å². The molecule has 0 radical (unpaired) electrons. The lowest BCUT2D eigenvalue weighted by atomic mass is 10.2. The van der Waals surface area contributed by atoms with Gasteiger partial charge in [0.15, 0.2) is 22.2 Å². The van der Waals surface area contributed by atoms with Crippen molar-refractivity contribution < 1.29 is 16.8 Å². The third-order valence-corrected chi connectivity index (χ3v) is 5.42. The van der Waals surface area contributed by atoms with E-state index >= 15 is 0 Å². The molecule has 0 aliphatic carbocycles. The van der Waals surface area contributed by atoms with Crippen LogP contribution in [0.4, 0.5) is 0 Å². The fourth-order valence-corrected chi connectivity index (χ4v) is 3.44. The number of aryl methyl sites for hydroxylation is 2. The highest BCUT2D eigenvalue weighted by atomic mass is 32.2. The molecule has 130 valence electrons. The molecule has 2 rings (SSSR count). The maximum atomic E-state index is 11.9. The van der Waals surface area contributed by atoms with E-state index in [1.165, 1.54) is 0 Å². The van der Waals surface area contributed by atoms with Gasteiger partial charge in [0.2, 0.25) is 0 Å². The van der Waals surface area contributed by atoms with Gasteiger partial charge in [0.1, 0.15) is 0 Å². The monoisotopic (exact) mass is 366 g/mol. The summed E-state index contributed by atoms with van der Waals surface area (Å²) in [5, 5.41) is 0. The van der Waals surface area contributed by atoms with E-state index in [4.69, 9.17) is 8.37 Å². The van der Waals surface area contributed by atoms with E-state index in [0.29, 0.717) is 35.8 Å². The van der Waals surface area contributed by atoms with Crippen LogP contribution in [0.1, 0.15) is 24.0 Å². The number of rotatable bonds is 9. The van der Waals surface area contributed by atoms with Crippen molar-refractivity contribution in [3.63, 3.8) is 0 Å². The molecule has 0 spiro atoms. The second kappa shape index (κ2) is 9.84. The molecule has 0 heterocycles. The van der Waals surface area contributed by atoms with Crippen LogP contribution >= 0.6 is 0 Å². The molecule has 2 aromatic rings. The Bertz CT molecular complexity index is 620. The Morgan fingerprint density at radius 1 is 0.667 bits per heavy atom. The Morgan fingerprint density at radius 3 is 1.33 bits per heavy atom. The largest absolute Gasteiger partial charge is 0.287 e. The lowest BCUT2D eigenvalue weighted by Crippen LogP contribution is -2.03. The van der Waals surface area contributed by atoms with Crippen molar-refractivity contribution in [2.24, 2.45) is 0 Å². The zero-order valence-corrected chi connectivity index (χ0v) is 15.5. The molecule has 2 unspecified atom stereocenters. The summed E-state index contributed by atoms with van der Waals surface area (Å²) in [6, 6.07) is 14.8. The number of unbranched alkanes of at least 4 members (excludes halogenated alkanes) is 1. The molecule has 0 N–H and O–H groups in total. The summed E-state index contributed by atoms with van der Waals surface area (Å²) in [7, 11) is 0. The van der Waals surface area contributed by atoms with Crippen LogP contribution in [-0.2, 0) is 30.5 Å². The Balaban J connectivity index is 1.61. The third kappa shape index (κ3) is 6.28. The van der Waals surface area contributed by atoms with Crippen LogP contribution in [0.15, 0.2) is 58.3 Å². The predicted octanol–water partition coefficient (Wildman–Crippen LogP) is 3.86. The van der Waals surface area contributed by atoms with Crippen LogP contribution < -0.4 is 0 Å². The normalized spacial score (nSPS) is 13.6. The molecular formula is C18H22O4S2. The molecule has 0 aliphatic rings. The highest BCUT2D eigenvalue weighted by molar-refractivity contribution is 7.80. The van der Waals surface area contributed by atoms with E-state index in [-0.39, 0.29) is 0 Å². The van der Waals surface area contributed by atoms with Gasteiger partial charge < -0.3 is 0 Å². The summed E-state index contributed by atoms with van der Waals surface area (Å²) in [4.78, 5) is 1.33. The van der Waals surface area contributed by atoms with Gasteiger partial charge in [0.05, 0.1) is 23.0 Å². The van der Waals surface area contributed by atoms with Crippen molar-refractivity contribution >= 4 is 22.2 Å². The molecule has 0 amide bonds. The quantitative estimate of drug-likeness (QED) is 0.632. The fourth-order valence-electron chi connectivity index (χ4n) is 1.91. The Hall–Kier alpha value is -1.34. The molecule has 0 saturated heterocycles. The number of benzene rings is 2. The minimum Gasteiger partial charge on any atom is -0.287 e. The molecule has 2 aromatic carbocycles. The number of hydrogen-bond acceptors (Lipinski definition) is 4. The molecule has 24 heavy (non-hydrogen) atoms. The molecular weight excluding hydrogens is 344 g/mol. The second-order valence-corrected chi connectivity index (χ2v) is 7.80. The summed E-state index contributed by atoms with van der Waals surface area (Å²) in [5.41, 5.74) is 2.24. The summed E-state index contributed by atoms with van der Waals surface area (Å²) < 4.78 is 34.5. The van der Waals surface area contributed by atoms with Gasteiger partial charge in [-0.15, -0.1) is 0 Å². The maximum Gasteiger partial charge on any atom is 0.189 e. The topological polar surface area (TPSA) is 52.6 Å². The van der Waals surface area contributed by atoms with Crippen molar-refractivity contribution in [1.82, 2.24) is 0 Å². The molecule has 2 atom stereocenters. The number of hydrogen-bond donors (Lipinski definition) is 0. The van der Waals surface area contributed by atoms with Crippen molar-refractivity contribution in [2.75, 3.05) is 13.2 Å². The molecule has 6 heteroatoms. The van der Waals surface area contributed by atoms with Crippen LogP contribution in [0.3, 0.4) is 0 Å². The Labute approximate surface area is 148 Å². The summed E-state index contributed by atoms with van der Waals surface area (Å²) >= 11 is -2.88. The summed E-state index contributed by atoms with van der Waals surface area (Å²) in [5.74, 6) is 0. The van der Waals surface area contributed by atoms with Crippen molar-refractivity contribution in [2.45, 2.75) is 36.5 Å². The summed E-state index contributed by atoms with van der Waals surface area (Å²) in [6.07, 6.45) is 1.39. The Kier molecular flexibility index (Phi) is 7.78. The van der Waals surface area contributed by atoms with Crippen LogP contribution in [0.5, 0.6) is 0 Å². The van der Waals surface area contributed by atoms with Gasteiger partial charge in [-0.1, -0.05) is 35.4 Å². The van der Waals surface area contributed by atoms with Gasteiger partial charge in [-0.2, -0.15) is 0 Å². The van der Waals surface area contributed by atoms with Crippen LogP contribution in [0.25, 0.3) is 0 Å². The van der Waals surface area contributed by atoms with Crippen molar-refractivity contribution in [3.8, 4) is 0 Å². The average molecular weight is 367 g/mol. The smallest absolute Gasteiger partial charge is 0.189 e. The van der Waals surface area contributed by atoms with Crippen LogP contribution in [-0.4, -0.2) is 21.6 Å². The first-order chi connectivity index (χ1) is 11.6. The van der Waals surface area contributed by atoms with E-state index in [2.05, 4.69) is 0 Å². The standard InChI is InChI=1S/C18H22O4S2/c1-15-5-9-17(10-6-15)23(19)21-13-3-4-14-22-24(20)18-11-7-16(2)8-12-18/h5-12H,3-4,13-14H2,1-2H3. The SMILES string of the molecule is Cc1ccc(S(=O)OCCCCOS(=O)c2ccc(C)cc2)cc1. The predicted molar refractivity (Wildman–Crippen MR) is 96.3 cm³/mol. The zero-order chi connectivity index (χ0) is 17.4. The summed E-state index contributed by atoms with van der Waals surface area (Å²) in [6.45, 7) is 4.71. The van der Waals surface area contributed by atoms with Gasteiger partial charge >= 0.3 is 0 Å². The van der Waals surface area contributed by atoms with Crippen molar-refractivity contribution in [1.29, 1.82) is 0 Å². The third-order valence-electron chi connectivity index (χ3n) is 3.35. The van der Waals surface area contributed by atoms with Crippen LogP contribution in [0.2, 0.25) is 0 Å². The first-order valence-electron chi connectivity index (χ1n) is 7.79. The van der Waals surface area contributed by atoms with Gasteiger partial charge in [-0.3, -0.25) is 8.37 Å². The van der Waals surface area contributed by atoms with E-state index in [1.54, 1.807) is 24.3 Å². The van der Waals surface area contributed by atoms with E-state index in [9.17, 15) is 8.42 Å². The van der Waals surface area contributed by atoms with E-state index in [0.717, 1.165) is 11.1 Å². The molecule has 0 saturated carbocycles. The lowest BCUT2D eigenvalue weighted by Gasteiger charge is -2.05. The first kappa shape index (κ1) is 19.0. The van der Waals surface area contributed by atoms with Gasteiger partial charge in [0, 0.05) is 0 Å². The zero-order valence-electron chi connectivity index (χ0n) is 13.9. The average Bonchev–Trinajstić information content (AvgIpc) is 2.58. The highest BCUT2D eigenvalue weighted by Crippen LogP contribution is 2.11. The molecule has 0 bridgehead atoms. The molecule has 0 aliphatic heterocycles. The first-order valence-corrected chi connectivity index (χ1v) is 9.94. The highest BCUT2D eigenvalue weighted by Gasteiger charge is 2.06. The maximum absolute atomic E-state index is 11.9. The fraction of sp³-hybridized carbons (Fsp3) is 0.333. The Morgan fingerprint density at radius 2 is 1.00 bits per heavy atom. The van der Waals surface area contributed by atoms with Gasteiger partial charge in [-0.25, -0.2) is 8.42 Å². The second-order valence-electron chi connectivity index (χ2n) is 5.45. The lowest BCUT2D eigenvalue weighted by molar-refractivity contribution is 0.293. The molecule has 0 fully saturated rings. The van der Waals surface area contributed by atoms with Crippen LogP contribution in [0, 0.1) is 13.8 Å². The van der Waals surface area contributed by atoms with Gasteiger partial charge in [0.25, 0.3) is 0 Å². The minimum absolute atomic E-state index is 0.376. The van der Waals surface area contributed by atoms with E-state index < -0.39 is 22.2 Å². The van der Waals surface area contributed by atoms with Gasteiger partial charge in [-0.05, 0) is 51.0 Å². The van der Waals surface area contributed by atoms with E-state index in [1.807, 2.05) is 38.1 Å². The molecule has 0 aromatic heterocycles.